The van der Waals surface area contributed by atoms with Crippen molar-refractivity contribution in [1.29, 1.82) is 0 Å². The molecule has 0 aliphatic heterocycles. The van der Waals surface area contributed by atoms with Crippen LogP contribution in [0.3, 0.4) is 0 Å². The molecule has 0 fully saturated rings. The van der Waals surface area contributed by atoms with E-state index in [-0.39, 0.29) is 11.3 Å². The predicted octanol–water partition coefficient (Wildman–Crippen LogP) is 3.55. The average molecular weight is 312 g/mol. The van der Waals surface area contributed by atoms with Crippen LogP contribution >= 0.6 is 11.8 Å². The first-order chi connectivity index (χ1) is 9.97. The molecule has 0 saturated carbocycles. The fraction of sp³-hybridized carbons (Fsp3) is 0.500. The lowest BCUT2D eigenvalue weighted by Crippen LogP contribution is -2.07. The summed E-state index contributed by atoms with van der Waals surface area (Å²) in [6.07, 6.45) is 5.23. The number of carboxylic acids is 1. The number of hydrogen-bond acceptors (Lipinski definition) is 5. The van der Waals surface area contributed by atoms with E-state index in [4.69, 9.17) is 5.11 Å². The van der Waals surface area contributed by atoms with Crippen LogP contribution in [-0.4, -0.2) is 34.6 Å². The molecule has 0 unspecified atom stereocenters. The molecule has 1 aromatic rings. The van der Waals surface area contributed by atoms with Gasteiger partial charge in [0.05, 0.1) is 10.5 Å². The number of hydrogen-bond donors (Lipinski definition) is 2. The Balaban J connectivity index is 2.76. The van der Waals surface area contributed by atoms with Crippen LogP contribution in [0.15, 0.2) is 12.1 Å². The normalized spacial score (nSPS) is 10.4. The van der Waals surface area contributed by atoms with Gasteiger partial charge in [-0.2, -0.15) is 11.8 Å². The summed E-state index contributed by atoms with van der Waals surface area (Å²) in [6.45, 7) is 2.30. The molecule has 21 heavy (non-hydrogen) atoms. The highest BCUT2D eigenvalue weighted by Crippen LogP contribution is 2.27. The van der Waals surface area contributed by atoms with Crippen LogP contribution in [0.25, 0.3) is 0 Å². The van der Waals surface area contributed by atoms with Crippen molar-refractivity contribution < 1.29 is 14.8 Å². The Kier molecular flexibility index (Phi) is 7.01. The fourth-order valence-electron chi connectivity index (χ4n) is 1.97. The molecule has 0 bridgehead atoms. The number of rotatable bonds is 9. The van der Waals surface area contributed by atoms with Crippen LogP contribution in [0.4, 0.5) is 11.4 Å². The third-order valence-corrected chi connectivity index (χ3v) is 3.86. The van der Waals surface area contributed by atoms with Gasteiger partial charge in [0.1, 0.15) is 0 Å². The molecule has 0 aliphatic rings. The SMILES string of the molecule is CSCCCCCNc1cc(C(=O)O)cc([N+](=O)[O-])c1C. The van der Waals surface area contributed by atoms with Crippen LogP contribution in [-0.2, 0) is 0 Å². The summed E-state index contributed by atoms with van der Waals surface area (Å²) in [5, 5.41) is 23.1. The molecule has 116 valence electrons. The van der Waals surface area contributed by atoms with Gasteiger partial charge < -0.3 is 10.4 Å². The molecular formula is C14H20N2O4S. The summed E-state index contributed by atoms with van der Waals surface area (Å²) in [5.74, 6) is -0.0416. The predicted molar refractivity (Wildman–Crippen MR) is 85.5 cm³/mol. The van der Waals surface area contributed by atoms with Crippen molar-refractivity contribution in [2.24, 2.45) is 0 Å². The molecule has 0 saturated heterocycles. The maximum absolute atomic E-state index is 11.0. The number of thioether (sulfide) groups is 1. The fourth-order valence-corrected chi connectivity index (χ4v) is 2.46. The minimum atomic E-state index is -1.17. The van der Waals surface area contributed by atoms with E-state index < -0.39 is 10.9 Å². The highest BCUT2D eigenvalue weighted by Gasteiger charge is 2.18. The lowest BCUT2D eigenvalue weighted by molar-refractivity contribution is -0.385. The zero-order chi connectivity index (χ0) is 15.8. The highest BCUT2D eigenvalue weighted by atomic mass is 32.2. The lowest BCUT2D eigenvalue weighted by Gasteiger charge is -2.11. The number of aromatic carboxylic acids is 1. The number of benzene rings is 1. The molecule has 0 aliphatic carbocycles. The molecule has 7 heteroatoms. The summed E-state index contributed by atoms with van der Waals surface area (Å²) in [4.78, 5) is 21.5. The largest absolute Gasteiger partial charge is 0.478 e. The van der Waals surface area contributed by atoms with Gasteiger partial charge in [-0.3, -0.25) is 10.1 Å². The van der Waals surface area contributed by atoms with E-state index >= 15 is 0 Å². The van der Waals surface area contributed by atoms with Crippen molar-refractivity contribution in [2.45, 2.75) is 26.2 Å². The molecule has 2 N–H and O–H groups in total. The summed E-state index contributed by atoms with van der Waals surface area (Å²) < 4.78 is 0. The van der Waals surface area contributed by atoms with E-state index in [0.717, 1.165) is 31.1 Å². The van der Waals surface area contributed by atoms with Gasteiger partial charge in [-0.05, 0) is 37.8 Å². The zero-order valence-electron chi connectivity index (χ0n) is 12.2. The maximum atomic E-state index is 11.0. The smallest absolute Gasteiger partial charge is 0.336 e. The van der Waals surface area contributed by atoms with Gasteiger partial charge in [0.25, 0.3) is 5.69 Å². The second kappa shape index (κ2) is 8.51. The van der Waals surface area contributed by atoms with Gasteiger partial charge >= 0.3 is 5.97 Å². The van der Waals surface area contributed by atoms with Crippen LogP contribution in [0.5, 0.6) is 0 Å². The third-order valence-electron chi connectivity index (χ3n) is 3.16. The first-order valence-electron chi connectivity index (χ1n) is 6.72. The molecule has 0 amide bonds. The third kappa shape index (κ3) is 5.26. The van der Waals surface area contributed by atoms with Gasteiger partial charge in [-0.15, -0.1) is 0 Å². The molecule has 1 rings (SSSR count). The molecule has 0 heterocycles. The Morgan fingerprint density at radius 1 is 1.38 bits per heavy atom. The van der Waals surface area contributed by atoms with E-state index in [1.165, 1.54) is 6.07 Å². The molecular weight excluding hydrogens is 292 g/mol. The first-order valence-corrected chi connectivity index (χ1v) is 8.12. The Bertz CT molecular complexity index is 520. The van der Waals surface area contributed by atoms with Gasteiger partial charge in [0.2, 0.25) is 0 Å². The molecule has 1 aromatic carbocycles. The molecule has 0 radical (unpaired) electrons. The standard InChI is InChI=1S/C14H20N2O4S/c1-10-12(15-6-4-3-5-7-21-2)8-11(14(17)18)9-13(10)16(19)20/h8-9,15H,3-7H2,1-2H3,(H,17,18). The molecule has 0 atom stereocenters. The number of nitrogens with zero attached hydrogens (tertiary/aromatic N) is 1. The number of carbonyl (C=O) groups is 1. The van der Waals surface area contributed by atoms with Gasteiger partial charge in [-0.1, -0.05) is 6.42 Å². The van der Waals surface area contributed by atoms with E-state index in [9.17, 15) is 14.9 Å². The van der Waals surface area contributed by atoms with E-state index in [1.54, 1.807) is 6.92 Å². The van der Waals surface area contributed by atoms with E-state index in [1.807, 2.05) is 11.8 Å². The van der Waals surface area contributed by atoms with Crippen molar-refractivity contribution in [3.05, 3.63) is 33.4 Å². The second-order valence-electron chi connectivity index (χ2n) is 4.71. The molecule has 0 aromatic heterocycles. The van der Waals surface area contributed by atoms with Crippen LogP contribution < -0.4 is 5.32 Å². The minimum absolute atomic E-state index is 0.0721. The van der Waals surface area contributed by atoms with Crippen LogP contribution in [0.1, 0.15) is 35.2 Å². The summed E-state index contributed by atoms with van der Waals surface area (Å²) in [6, 6.07) is 2.55. The Morgan fingerprint density at radius 3 is 2.67 bits per heavy atom. The maximum Gasteiger partial charge on any atom is 0.336 e. The monoisotopic (exact) mass is 312 g/mol. The number of carboxylic acid groups (broad SMARTS) is 1. The van der Waals surface area contributed by atoms with Crippen molar-refractivity contribution in [1.82, 2.24) is 0 Å². The Morgan fingerprint density at radius 2 is 2.10 bits per heavy atom. The number of nitrogens with one attached hydrogen (secondary N) is 1. The molecule has 0 spiro atoms. The van der Waals surface area contributed by atoms with E-state index in [2.05, 4.69) is 11.6 Å². The van der Waals surface area contributed by atoms with E-state index in [0.29, 0.717) is 17.8 Å². The minimum Gasteiger partial charge on any atom is -0.478 e. The molecule has 6 nitrogen and oxygen atoms in total. The quantitative estimate of drug-likeness (QED) is 0.411. The first kappa shape index (κ1) is 17.3. The van der Waals surface area contributed by atoms with Crippen molar-refractivity contribution in [3.63, 3.8) is 0 Å². The van der Waals surface area contributed by atoms with Gasteiger partial charge in [0, 0.05) is 23.9 Å². The van der Waals surface area contributed by atoms with Crippen molar-refractivity contribution >= 4 is 29.1 Å². The van der Waals surface area contributed by atoms with Crippen LogP contribution in [0, 0.1) is 17.0 Å². The lowest BCUT2D eigenvalue weighted by atomic mass is 10.1. The van der Waals surface area contributed by atoms with Crippen molar-refractivity contribution in [2.75, 3.05) is 23.9 Å². The summed E-state index contributed by atoms with van der Waals surface area (Å²) >= 11 is 1.81. The number of nitro benzene ring substituents is 1. The Hall–Kier alpha value is -1.76. The zero-order valence-corrected chi connectivity index (χ0v) is 13.0. The summed E-state index contributed by atoms with van der Waals surface area (Å²) in [5.41, 5.74) is 0.748. The number of anilines is 1. The number of unbranched alkanes of at least 4 members (excludes halogenated alkanes) is 2. The second-order valence-corrected chi connectivity index (χ2v) is 5.70. The van der Waals surface area contributed by atoms with Crippen molar-refractivity contribution in [3.8, 4) is 0 Å². The Labute approximate surface area is 128 Å². The number of nitro groups is 1. The topological polar surface area (TPSA) is 92.5 Å². The summed E-state index contributed by atoms with van der Waals surface area (Å²) in [7, 11) is 0. The van der Waals surface area contributed by atoms with Gasteiger partial charge in [-0.25, -0.2) is 4.79 Å². The van der Waals surface area contributed by atoms with Crippen LogP contribution in [0.2, 0.25) is 0 Å². The highest BCUT2D eigenvalue weighted by molar-refractivity contribution is 7.98. The average Bonchev–Trinajstić information content (AvgIpc) is 2.43. The van der Waals surface area contributed by atoms with Gasteiger partial charge in [0.15, 0.2) is 0 Å².